The molecule has 0 saturated carbocycles. The van der Waals surface area contributed by atoms with E-state index in [4.69, 9.17) is 4.98 Å². The molecule has 0 radical (unpaired) electrons. The highest BCUT2D eigenvalue weighted by Crippen LogP contribution is 2.36. The summed E-state index contributed by atoms with van der Waals surface area (Å²) in [7, 11) is 0. The summed E-state index contributed by atoms with van der Waals surface area (Å²) in [4.78, 5) is 16.3. The van der Waals surface area contributed by atoms with Gasteiger partial charge in [-0.2, -0.15) is 0 Å². The predicted molar refractivity (Wildman–Crippen MR) is 124 cm³/mol. The number of aryl methyl sites for hydroxylation is 2. The molecule has 0 spiro atoms. The largest absolute Gasteiger partial charge is 0.327 e. The SMILES string of the molecule is Cc1cc(-c2cc(-c3nnc[nH]3)c3nc(C)n(-c4ccnc5cc(F)cc(F)c45)c3c2)ccn1. The lowest BCUT2D eigenvalue weighted by molar-refractivity contribution is 0.591. The molecule has 0 fully saturated rings. The molecule has 7 nitrogen and oxygen atoms in total. The minimum Gasteiger partial charge on any atom is -0.327 e. The van der Waals surface area contributed by atoms with Gasteiger partial charge in [0.05, 0.1) is 22.1 Å². The van der Waals surface area contributed by atoms with Crippen LogP contribution >= 0.6 is 0 Å². The van der Waals surface area contributed by atoms with Gasteiger partial charge in [0.1, 0.15) is 29.3 Å². The minimum absolute atomic E-state index is 0.220. The molecule has 0 aliphatic carbocycles. The van der Waals surface area contributed by atoms with E-state index in [0.29, 0.717) is 22.9 Å². The summed E-state index contributed by atoms with van der Waals surface area (Å²) < 4.78 is 30.7. The van der Waals surface area contributed by atoms with E-state index in [-0.39, 0.29) is 10.9 Å². The lowest BCUT2D eigenvalue weighted by atomic mass is 10.0. The van der Waals surface area contributed by atoms with Gasteiger partial charge >= 0.3 is 0 Å². The zero-order valence-electron chi connectivity index (χ0n) is 18.2. The van der Waals surface area contributed by atoms with Crippen molar-refractivity contribution in [3.05, 3.63) is 84.3 Å². The molecule has 0 aliphatic heterocycles. The standard InChI is InChI=1S/C25H17F2N7/c1-13-7-15(3-5-28-13)16-8-18(25-30-12-31-33-25)24-22(9-16)34(14(2)32-24)21-4-6-29-20-11-17(26)10-19(27)23(20)21/h3-12H,1-2H3,(H,30,31,33). The van der Waals surface area contributed by atoms with Crippen LogP contribution in [0, 0.1) is 25.5 Å². The van der Waals surface area contributed by atoms with E-state index in [9.17, 15) is 8.78 Å². The summed E-state index contributed by atoms with van der Waals surface area (Å²) in [5.41, 5.74) is 5.69. The molecule has 0 saturated heterocycles. The second kappa shape index (κ2) is 7.51. The first-order chi connectivity index (χ1) is 16.5. The number of benzene rings is 2. The normalized spacial score (nSPS) is 11.5. The van der Waals surface area contributed by atoms with Crippen molar-refractivity contribution >= 4 is 21.9 Å². The number of aromatic amines is 1. The maximum atomic E-state index is 15.0. The Balaban J connectivity index is 1.72. The Morgan fingerprint density at radius 3 is 2.56 bits per heavy atom. The number of nitrogens with one attached hydrogen (secondary N) is 1. The van der Waals surface area contributed by atoms with Gasteiger partial charge in [0, 0.05) is 35.8 Å². The van der Waals surface area contributed by atoms with E-state index in [1.54, 1.807) is 12.3 Å². The van der Waals surface area contributed by atoms with Crippen LogP contribution in [0.4, 0.5) is 8.78 Å². The van der Waals surface area contributed by atoms with Gasteiger partial charge < -0.3 is 4.98 Å². The Bertz CT molecular complexity index is 1700. The number of aromatic nitrogens is 7. The number of imidazole rings is 1. The molecule has 4 heterocycles. The van der Waals surface area contributed by atoms with Gasteiger partial charge in [0.15, 0.2) is 5.82 Å². The summed E-state index contributed by atoms with van der Waals surface area (Å²) >= 11 is 0. The van der Waals surface area contributed by atoms with Crippen LogP contribution in [0.3, 0.4) is 0 Å². The monoisotopic (exact) mass is 453 g/mol. The van der Waals surface area contributed by atoms with E-state index in [1.807, 2.05) is 42.7 Å². The molecule has 34 heavy (non-hydrogen) atoms. The zero-order valence-corrected chi connectivity index (χ0v) is 18.2. The van der Waals surface area contributed by atoms with Crippen molar-refractivity contribution in [3.63, 3.8) is 0 Å². The molecule has 1 N–H and O–H groups in total. The van der Waals surface area contributed by atoms with Crippen LogP contribution in [-0.2, 0) is 0 Å². The lowest BCUT2D eigenvalue weighted by Crippen LogP contribution is -2.01. The first-order valence-corrected chi connectivity index (χ1v) is 10.6. The molecule has 6 rings (SSSR count). The highest BCUT2D eigenvalue weighted by atomic mass is 19.1. The highest BCUT2D eigenvalue weighted by Gasteiger charge is 2.20. The van der Waals surface area contributed by atoms with Gasteiger partial charge in [-0.1, -0.05) is 0 Å². The summed E-state index contributed by atoms with van der Waals surface area (Å²) in [6.45, 7) is 3.77. The van der Waals surface area contributed by atoms with Crippen LogP contribution in [-0.4, -0.2) is 34.7 Å². The zero-order chi connectivity index (χ0) is 23.4. The Morgan fingerprint density at radius 1 is 0.912 bits per heavy atom. The molecular formula is C25H17F2N7. The van der Waals surface area contributed by atoms with E-state index in [0.717, 1.165) is 34.0 Å². The van der Waals surface area contributed by atoms with Crippen LogP contribution in [0.25, 0.3) is 50.1 Å². The molecule has 4 aromatic heterocycles. The number of pyridine rings is 2. The van der Waals surface area contributed by atoms with E-state index in [1.165, 1.54) is 18.6 Å². The number of H-pyrrole nitrogens is 1. The number of hydrogen-bond donors (Lipinski definition) is 1. The number of nitrogens with zero attached hydrogens (tertiary/aromatic N) is 6. The van der Waals surface area contributed by atoms with Crippen molar-refractivity contribution in [3.8, 4) is 28.2 Å². The Kier molecular flexibility index (Phi) is 4.44. The van der Waals surface area contributed by atoms with Crippen molar-refractivity contribution in [2.24, 2.45) is 0 Å². The molecule has 0 bridgehead atoms. The average molecular weight is 453 g/mol. The molecule has 2 aromatic carbocycles. The minimum atomic E-state index is -0.685. The van der Waals surface area contributed by atoms with Gasteiger partial charge in [0.2, 0.25) is 0 Å². The maximum Gasteiger partial charge on any atom is 0.163 e. The Morgan fingerprint density at radius 2 is 1.76 bits per heavy atom. The fourth-order valence-corrected chi connectivity index (χ4v) is 4.38. The summed E-state index contributed by atoms with van der Waals surface area (Å²) in [5, 5.41) is 8.34. The number of rotatable bonds is 3. The second-order valence-electron chi connectivity index (χ2n) is 8.02. The van der Waals surface area contributed by atoms with Crippen LogP contribution < -0.4 is 0 Å². The fourth-order valence-electron chi connectivity index (χ4n) is 4.38. The number of fused-ring (bicyclic) bond motifs is 2. The molecule has 9 heteroatoms. The third kappa shape index (κ3) is 3.13. The average Bonchev–Trinajstić information content (AvgIpc) is 3.45. The van der Waals surface area contributed by atoms with Gasteiger partial charge in [0.25, 0.3) is 0 Å². The lowest BCUT2D eigenvalue weighted by Gasteiger charge is -2.13. The van der Waals surface area contributed by atoms with E-state index >= 15 is 0 Å². The van der Waals surface area contributed by atoms with Crippen molar-refractivity contribution in [2.75, 3.05) is 0 Å². The smallest absolute Gasteiger partial charge is 0.163 e. The van der Waals surface area contributed by atoms with E-state index < -0.39 is 11.6 Å². The third-order valence-electron chi connectivity index (χ3n) is 5.81. The maximum absolute atomic E-state index is 15.0. The molecular weight excluding hydrogens is 436 g/mol. The summed E-state index contributed by atoms with van der Waals surface area (Å²) in [6.07, 6.45) is 4.80. The van der Waals surface area contributed by atoms with Gasteiger partial charge in [-0.3, -0.25) is 14.5 Å². The van der Waals surface area contributed by atoms with Crippen molar-refractivity contribution < 1.29 is 8.78 Å². The van der Waals surface area contributed by atoms with Gasteiger partial charge in [-0.15, -0.1) is 10.2 Å². The van der Waals surface area contributed by atoms with Gasteiger partial charge in [-0.05, 0) is 55.3 Å². The first kappa shape index (κ1) is 20.1. The van der Waals surface area contributed by atoms with Crippen molar-refractivity contribution in [1.29, 1.82) is 0 Å². The Labute approximate surface area is 192 Å². The van der Waals surface area contributed by atoms with Crippen molar-refractivity contribution in [2.45, 2.75) is 13.8 Å². The van der Waals surface area contributed by atoms with Crippen LogP contribution in [0.2, 0.25) is 0 Å². The molecule has 0 amide bonds. The molecule has 166 valence electrons. The Hall–Kier alpha value is -4.53. The molecule has 0 aliphatic rings. The fraction of sp³-hybridized carbons (Fsp3) is 0.0800. The van der Waals surface area contributed by atoms with Gasteiger partial charge in [-0.25, -0.2) is 13.8 Å². The molecule has 0 unspecified atom stereocenters. The molecule has 0 atom stereocenters. The highest BCUT2D eigenvalue weighted by molar-refractivity contribution is 5.98. The number of hydrogen-bond acceptors (Lipinski definition) is 5. The third-order valence-corrected chi connectivity index (χ3v) is 5.81. The summed E-state index contributed by atoms with van der Waals surface area (Å²) in [6, 6.07) is 11.7. The summed E-state index contributed by atoms with van der Waals surface area (Å²) in [5.74, 6) is -0.161. The second-order valence-corrected chi connectivity index (χ2v) is 8.02. The molecule has 6 aromatic rings. The number of halogens is 2. The topological polar surface area (TPSA) is 85.2 Å². The first-order valence-electron chi connectivity index (χ1n) is 10.6. The van der Waals surface area contributed by atoms with Crippen LogP contribution in [0.15, 0.2) is 61.2 Å². The van der Waals surface area contributed by atoms with Crippen LogP contribution in [0.5, 0.6) is 0 Å². The quantitative estimate of drug-likeness (QED) is 0.392. The predicted octanol–water partition coefficient (Wildman–Crippen LogP) is 5.32. The van der Waals surface area contributed by atoms with Crippen LogP contribution in [0.1, 0.15) is 11.5 Å². The van der Waals surface area contributed by atoms with Crippen molar-refractivity contribution in [1.82, 2.24) is 34.7 Å². The van der Waals surface area contributed by atoms with E-state index in [2.05, 4.69) is 25.1 Å².